The smallest absolute Gasteiger partial charge is 0.235 e. The Morgan fingerprint density at radius 3 is 2.43 bits per heavy atom. The number of aliphatic hydroxyl groups excluding tert-OH is 1. The standard InChI is InChI=1S/C16H22FNO2S/c1-11(21-2)16(20)18-9-7-13(8-10-18)15(19)12-3-5-14(17)6-4-12/h3-6,11,13,15,19H,7-10H2,1-2H3. The Morgan fingerprint density at radius 1 is 1.33 bits per heavy atom. The van der Waals surface area contributed by atoms with Gasteiger partial charge in [-0.05, 0) is 49.6 Å². The van der Waals surface area contributed by atoms with E-state index in [1.807, 2.05) is 18.1 Å². The summed E-state index contributed by atoms with van der Waals surface area (Å²) in [4.78, 5) is 14.0. The van der Waals surface area contributed by atoms with E-state index in [-0.39, 0.29) is 22.9 Å². The normalized spacial score (nSPS) is 19.3. The first kappa shape index (κ1) is 16.3. The quantitative estimate of drug-likeness (QED) is 0.929. The van der Waals surface area contributed by atoms with Gasteiger partial charge < -0.3 is 10.0 Å². The molecule has 2 rings (SSSR count). The largest absolute Gasteiger partial charge is 0.388 e. The van der Waals surface area contributed by atoms with Crippen LogP contribution in [0.2, 0.25) is 0 Å². The first-order chi connectivity index (χ1) is 10.0. The van der Waals surface area contributed by atoms with Crippen LogP contribution >= 0.6 is 11.8 Å². The zero-order chi connectivity index (χ0) is 15.4. The Morgan fingerprint density at radius 2 is 1.90 bits per heavy atom. The summed E-state index contributed by atoms with van der Waals surface area (Å²) in [5.74, 6) is 0.0127. The summed E-state index contributed by atoms with van der Waals surface area (Å²) < 4.78 is 12.9. The van der Waals surface area contributed by atoms with Gasteiger partial charge in [0.1, 0.15) is 5.82 Å². The lowest BCUT2D eigenvalue weighted by Crippen LogP contribution is -2.43. The van der Waals surface area contributed by atoms with Crippen molar-refractivity contribution in [1.82, 2.24) is 4.90 Å². The van der Waals surface area contributed by atoms with Crippen molar-refractivity contribution in [3.8, 4) is 0 Å². The van der Waals surface area contributed by atoms with Gasteiger partial charge in [-0.1, -0.05) is 12.1 Å². The fraction of sp³-hybridized carbons (Fsp3) is 0.562. The Kier molecular flexibility index (Phi) is 5.65. The summed E-state index contributed by atoms with van der Waals surface area (Å²) in [6.07, 6.45) is 2.92. The van der Waals surface area contributed by atoms with Crippen LogP contribution in [0.4, 0.5) is 4.39 Å². The van der Waals surface area contributed by atoms with E-state index in [0.29, 0.717) is 13.1 Å². The van der Waals surface area contributed by atoms with Crippen LogP contribution in [0.1, 0.15) is 31.4 Å². The van der Waals surface area contributed by atoms with E-state index >= 15 is 0 Å². The van der Waals surface area contributed by atoms with Crippen molar-refractivity contribution in [2.75, 3.05) is 19.3 Å². The van der Waals surface area contributed by atoms with E-state index < -0.39 is 6.10 Å². The van der Waals surface area contributed by atoms with Gasteiger partial charge in [-0.2, -0.15) is 11.8 Å². The molecule has 1 amide bonds. The predicted molar refractivity (Wildman–Crippen MR) is 83.6 cm³/mol. The fourth-order valence-electron chi connectivity index (χ4n) is 2.73. The molecule has 116 valence electrons. The number of aliphatic hydroxyl groups is 1. The molecule has 2 unspecified atom stereocenters. The number of carbonyl (C=O) groups is 1. The van der Waals surface area contributed by atoms with Crippen LogP contribution in [0.25, 0.3) is 0 Å². The molecule has 1 saturated heterocycles. The lowest BCUT2D eigenvalue weighted by Gasteiger charge is -2.35. The SMILES string of the molecule is CSC(C)C(=O)N1CCC(C(O)c2ccc(F)cc2)CC1. The third-order valence-electron chi connectivity index (χ3n) is 4.21. The van der Waals surface area contributed by atoms with Gasteiger partial charge in [0.25, 0.3) is 0 Å². The monoisotopic (exact) mass is 311 g/mol. The van der Waals surface area contributed by atoms with Gasteiger partial charge in [0.2, 0.25) is 5.91 Å². The van der Waals surface area contributed by atoms with E-state index in [9.17, 15) is 14.3 Å². The first-order valence-corrected chi connectivity index (χ1v) is 8.57. The molecular formula is C16H22FNO2S. The molecule has 1 fully saturated rings. The molecular weight excluding hydrogens is 289 g/mol. The minimum absolute atomic E-state index is 0.0106. The summed E-state index contributed by atoms with van der Waals surface area (Å²) in [6, 6.07) is 6.01. The van der Waals surface area contributed by atoms with Crippen molar-refractivity contribution in [3.05, 3.63) is 35.6 Å². The number of rotatable bonds is 4. The maximum absolute atomic E-state index is 12.9. The number of likely N-dealkylation sites (tertiary alicyclic amines) is 1. The van der Waals surface area contributed by atoms with Crippen LogP contribution in [-0.2, 0) is 4.79 Å². The van der Waals surface area contributed by atoms with Crippen LogP contribution in [0.3, 0.4) is 0 Å². The summed E-state index contributed by atoms with van der Waals surface area (Å²) in [5, 5.41) is 10.4. The van der Waals surface area contributed by atoms with Crippen molar-refractivity contribution in [2.24, 2.45) is 5.92 Å². The van der Waals surface area contributed by atoms with Crippen LogP contribution < -0.4 is 0 Å². The maximum atomic E-state index is 12.9. The van der Waals surface area contributed by atoms with Gasteiger partial charge in [-0.15, -0.1) is 0 Å². The first-order valence-electron chi connectivity index (χ1n) is 7.28. The molecule has 1 aromatic carbocycles. The molecule has 0 bridgehead atoms. The molecule has 5 heteroatoms. The average molecular weight is 311 g/mol. The summed E-state index contributed by atoms with van der Waals surface area (Å²) in [7, 11) is 0. The second-order valence-electron chi connectivity index (χ2n) is 5.54. The molecule has 0 radical (unpaired) electrons. The van der Waals surface area contributed by atoms with E-state index in [1.165, 1.54) is 12.1 Å². The molecule has 0 saturated carbocycles. The third-order valence-corrected chi connectivity index (χ3v) is 5.12. The number of thioether (sulfide) groups is 1. The van der Waals surface area contributed by atoms with Crippen LogP contribution in [0.15, 0.2) is 24.3 Å². The maximum Gasteiger partial charge on any atom is 0.235 e. The highest BCUT2D eigenvalue weighted by molar-refractivity contribution is 7.99. The highest BCUT2D eigenvalue weighted by atomic mass is 32.2. The Bertz CT molecular complexity index is 472. The Hall–Kier alpha value is -1.07. The minimum atomic E-state index is -0.583. The highest BCUT2D eigenvalue weighted by Crippen LogP contribution is 2.31. The molecule has 21 heavy (non-hydrogen) atoms. The number of halogens is 1. The van der Waals surface area contributed by atoms with Gasteiger partial charge >= 0.3 is 0 Å². The van der Waals surface area contributed by atoms with Crippen molar-refractivity contribution in [3.63, 3.8) is 0 Å². The molecule has 1 aliphatic rings. The van der Waals surface area contributed by atoms with E-state index in [2.05, 4.69) is 0 Å². The fourth-order valence-corrected chi connectivity index (χ4v) is 3.08. The lowest BCUT2D eigenvalue weighted by atomic mass is 9.87. The molecule has 1 aromatic rings. The van der Waals surface area contributed by atoms with Crippen molar-refractivity contribution >= 4 is 17.7 Å². The van der Waals surface area contributed by atoms with E-state index in [0.717, 1.165) is 18.4 Å². The molecule has 2 atom stereocenters. The summed E-state index contributed by atoms with van der Waals surface area (Å²) >= 11 is 1.56. The van der Waals surface area contributed by atoms with Gasteiger partial charge in [0.05, 0.1) is 11.4 Å². The molecule has 0 spiro atoms. The number of carbonyl (C=O) groups excluding carboxylic acids is 1. The van der Waals surface area contributed by atoms with Crippen LogP contribution in [-0.4, -0.2) is 40.5 Å². The van der Waals surface area contributed by atoms with Gasteiger partial charge in [-0.3, -0.25) is 4.79 Å². The number of hydrogen-bond donors (Lipinski definition) is 1. The second kappa shape index (κ2) is 7.27. The predicted octanol–water partition coefficient (Wildman–Crippen LogP) is 2.85. The van der Waals surface area contributed by atoms with Crippen molar-refractivity contribution < 1.29 is 14.3 Å². The van der Waals surface area contributed by atoms with E-state index in [1.54, 1.807) is 23.9 Å². The van der Waals surface area contributed by atoms with Gasteiger partial charge in [0.15, 0.2) is 0 Å². The summed E-state index contributed by atoms with van der Waals surface area (Å²) in [5.41, 5.74) is 0.749. The molecule has 3 nitrogen and oxygen atoms in total. The number of nitrogens with zero attached hydrogens (tertiary/aromatic N) is 1. The lowest BCUT2D eigenvalue weighted by molar-refractivity contribution is -0.132. The zero-order valence-corrected chi connectivity index (χ0v) is 13.3. The van der Waals surface area contributed by atoms with Crippen LogP contribution in [0.5, 0.6) is 0 Å². The number of amides is 1. The molecule has 1 N–H and O–H groups in total. The molecule has 0 aliphatic carbocycles. The zero-order valence-electron chi connectivity index (χ0n) is 12.5. The third kappa shape index (κ3) is 3.98. The number of piperidine rings is 1. The highest BCUT2D eigenvalue weighted by Gasteiger charge is 2.29. The van der Waals surface area contributed by atoms with Gasteiger partial charge in [-0.25, -0.2) is 4.39 Å². The topological polar surface area (TPSA) is 40.5 Å². The van der Waals surface area contributed by atoms with Crippen LogP contribution in [0, 0.1) is 11.7 Å². The second-order valence-corrected chi connectivity index (χ2v) is 6.72. The number of benzene rings is 1. The Labute approximate surface area is 129 Å². The Balaban J connectivity index is 1.91. The van der Waals surface area contributed by atoms with E-state index in [4.69, 9.17) is 0 Å². The average Bonchev–Trinajstić information content (AvgIpc) is 2.53. The summed E-state index contributed by atoms with van der Waals surface area (Å²) in [6.45, 7) is 3.30. The minimum Gasteiger partial charge on any atom is -0.388 e. The number of hydrogen-bond acceptors (Lipinski definition) is 3. The molecule has 0 aromatic heterocycles. The van der Waals surface area contributed by atoms with Gasteiger partial charge in [0, 0.05) is 13.1 Å². The van der Waals surface area contributed by atoms with Crippen molar-refractivity contribution in [1.29, 1.82) is 0 Å². The van der Waals surface area contributed by atoms with Crippen molar-refractivity contribution in [2.45, 2.75) is 31.1 Å². The molecule has 1 heterocycles. The molecule has 1 aliphatic heterocycles.